The lowest BCUT2D eigenvalue weighted by Crippen LogP contribution is -2.16. The van der Waals surface area contributed by atoms with Crippen molar-refractivity contribution >= 4 is 23.2 Å². The molecule has 31 heavy (non-hydrogen) atoms. The van der Waals surface area contributed by atoms with Gasteiger partial charge in [-0.3, -0.25) is 14.2 Å². The van der Waals surface area contributed by atoms with Gasteiger partial charge in [0.25, 0.3) is 5.91 Å². The third kappa shape index (κ3) is 4.54. The Kier molecular flexibility index (Phi) is 5.65. The third-order valence-electron chi connectivity index (χ3n) is 5.07. The largest absolute Gasteiger partial charge is 0.321 e. The molecule has 0 spiro atoms. The molecule has 1 amide bonds. The van der Waals surface area contributed by atoms with Crippen LogP contribution in [0, 0.1) is 27.7 Å². The van der Waals surface area contributed by atoms with Crippen molar-refractivity contribution < 1.29 is 4.79 Å². The molecule has 0 aliphatic carbocycles. The average Bonchev–Trinajstić information content (AvgIpc) is 3.38. The monoisotopic (exact) mass is 437 g/mol. The second-order valence-electron chi connectivity index (χ2n) is 7.61. The Balaban J connectivity index is 1.44. The number of nitrogens with one attached hydrogen (secondary N) is 1. The minimum Gasteiger partial charge on any atom is -0.321 e. The second kappa shape index (κ2) is 8.39. The summed E-state index contributed by atoms with van der Waals surface area (Å²) in [6.45, 7) is 8.79. The van der Waals surface area contributed by atoms with E-state index < -0.39 is 0 Å². The van der Waals surface area contributed by atoms with Gasteiger partial charge in [0.15, 0.2) is 5.69 Å². The van der Waals surface area contributed by atoms with Gasteiger partial charge in [0.2, 0.25) is 0 Å². The summed E-state index contributed by atoms with van der Waals surface area (Å²) in [6.07, 6.45) is 1.75. The zero-order valence-corrected chi connectivity index (χ0v) is 18.7. The van der Waals surface area contributed by atoms with Crippen LogP contribution in [0.15, 0.2) is 42.6 Å². The number of aromatic nitrogens is 6. The molecule has 0 atom stereocenters. The Morgan fingerprint density at radius 2 is 1.84 bits per heavy atom. The van der Waals surface area contributed by atoms with Gasteiger partial charge in [-0.1, -0.05) is 23.7 Å². The molecule has 0 unspecified atom stereocenters. The Hall–Kier alpha value is -3.39. The summed E-state index contributed by atoms with van der Waals surface area (Å²) >= 11 is 6.20. The molecule has 1 aromatic carbocycles. The van der Waals surface area contributed by atoms with Gasteiger partial charge in [0, 0.05) is 17.6 Å². The number of hydrogen-bond donors (Lipinski definition) is 1. The molecule has 3 heterocycles. The maximum atomic E-state index is 12.7. The van der Waals surface area contributed by atoms with Crippen molar-refractivity contribution in [1.29, 1.82) is 0 Å². The van der Waals surface area contributed by atoms with Gasteiger partial charge in [-0.15, -0.1) is 0 Å². The van der Waals surface area contributed by atoms with Crippen LogP contribution in [0.3, 0.4) is 0 Å². The second-order valence-corrected chi connectivity index (χ2v) is 7.98. The number of halogens is 1. The van der Waals surface area contributed by atoms with Crippen LogP contribution in [0.1, 0.15) is 38.8 Å². The van der Waals surface area contributed by atoms with E-state index in [1.807, 2.05) is 62.7 Å². The van der Waals surface area contributed by atoms with E-state index in [-0.39, 0.29) is 5.91 Å². The number of nitrogens with zero attached hydrogens (tertiary/aromatic N) is 6. The standard InChI is InChI=1S/C22H24ClN7O/c1-14-10-15(2)29(25-14)12-18-6-5-7-19(11-18)24-22(31)20-8-9-28(27-20)13-30-17(4)21(23)16(3)26-30/h5-11H,12-13H2,1-4H3,(H,24,31). The highest BCUT2D eigenvalue weighted by Gasteiger charge is 2.13. The minimum atomic E-state index is -0.270. The maximum Gasteiger partial charge on any atom is 0.276 e. The number of hydrogen-bond acceptors (Lipinski definition) is 4. The number of benzene rings is 1. The summed E-state index contributed by atoms with van der Waals surface area (Å²) < 4.78 is 5.36. The Bertz CT molecular complexity index is 1250. The fourth-order valence-electron chi connectivity index (χ4n) is 3.46. The van der Waals surface area contributed by atoms with E-state index in [0.29, 0.717) is 29.6 Å². The zero-order valence-electron chi connectivity index (χ0n) is 17.9. The number of anilines is 1. The first-order valence-electron chi connectivity index (χ1n) is 9.94. The lowest BCUT2D eigenvalue weighted by molar-refractivity contribution is 0.102. The lowest BCUT2D eigenvalue weighted by Gasteiger charge is -2.08. The number of aryl methyl sites for hydroxylation is 3. The van der Waals surface area contributed by atoms with E-state index in [2.05, 4.69) is 20.6 Å². The predicted octanol–water partition coefficient (Wildman–Crippen LogP) is 3.97. The molecule has 0 aliphatic rings. The molecule has 0 fully saturated rings. The summed E-state index contributed by atoms with van der Waals surface area (Å²) in [6, 6.07) is 11.5. The molecule has 9 heteroatoms. The van der Waals surface area contributed by atoms with Gasteiger partial charge in [0.1, 0.15) is 6.67 Å². The van der Waals surface area contributed by atoms with Gasteiger partial charge in [0.05, 0.1) is 28.6 Å². The van der Waals surface area contributed by atoms with Crippen LogP contribution < -0.4 is 5.32 Å². The Morgan fingerprint density at radius 1 is 1.03 bits per heavy atom. The lowest BCUT2D eigenvalue weighted by atomic mass is 10.2. The Morgan fingerprint density at radius 3 is 2.52 bits per heavy atom. The molecule has 4 rings (SSSR count). The topological polar surface area (TPSA) is 82.6 Å². The zero-order chi connectivity index (χ0) is 22.1. The number of amides is 1. The van der Waals surface area contributed by atoms with Gasteiger partial charge in [-0.25, -0.2) is 4.68 Å². The first-order chi connectivity index (χ1) is 14.8. The third-order valence-corrected chi connectivity index (χ3v) is 5.61. The fourth-order valence-corrected chi connectivity index (χ4v) is 3.60. The summed E-state index contributed by atoms with van der Waals surface area (Å²) in [7, 11) is 0. The van der Waals surface area contributed by atoms with Crippen molar-refractivity contribution in [3.63, 3.8) is 0 Å². The van der Waals surface area contributed by atoms with Crippen molar-refractivity contribution in [2.75, 3.05) is 5.32 Å². The van der Waals surface area contributed by atoms with Crippen molar-refractivity contribution in [3.8, 4) is 0 Å². The molecule has 0 bridgehead atoms. The summed E-state index contributed by atoms with van der Waals surface area (Å²) in [5.41, 5.74) is 5.81. The summed E-state index contributed by atoms with van der Waals surface area (Å²) in [5, 5.41) is 16.8. The van der Waals surface area contributed by atoms with E-state index in [1.165, 1.54) is 0 Å². The molecule has 0 radical (unpaired) electrons. The van der Waals surface area contributed by atoms with Crippen LogP contribution in [0.4, 0.5) is 5.69 Å². The minimum absolute atomic E-state index is 0.270. The van der Waals surface area contributed by atoms with Crippen molar-refractivity contribution in [2.24, 2.45) is 0 Å². The van der Waals surface area contributed by atoms with E-state index >= 15 is 0 Å². The average molecular weight is 438 g/mol. The fraction of sp³-hybridized carbons (Fsp3) is 0.273. The molecule has 1 N–H and O–H groups in total. The van der Waals surface area contributed by atoms with E-state index in [1.54, 1.807) is 21.6 Å². The maximum absolute atomic E-state index is 12.7. The predicted molar refractivity (Wildman–Crippen MR) is 120 cm³/mol. The van der Waals surface area contributed by atoms with Crippen LogP contribution >= 0.6 is 11.6 Å². The highest BCUT2D eigenvalue weighted by atomic mass is 35.5. The smallest absolute Gasteiger partial charge is 0.276 e. The SMILES string of the molecule is Cc1cc(C)n(Cc2cccc(NC(=O)c3ccn(Cn4nc(C)c(Cl)c4C)n3)c2)n1. The van der Waals surface area contributed by atoms with Gasteiger partial charge < -0.3 is 5.32 Å². The van der Waals surface area contributed by atoms with Gasteiger partial charge in [-0.2, -0.15) is 15.3 Å². The number of carbonyl (C=O) groups excluding carboxylic acids is 1. The van der Waals surface area contributed by atoms with Crippen molar-refractivity contribution in [1.82, 2.24) is 29.3 Å². The quantitative estimate of drug-likeness (QED) is 0.494. The molecular weight excluding hydrogens is 414 g/mol. The van der Waals surface area contributed by atoms with Crippen LogP contribution in [-0.2, 0) is 13.2 Å². The first kappa shape index (κ1) is 20.9. The van der Waals surface area contributed by atoms with E-state index in [9.17, 15) is 4.79 Å². The number of carbonyl (C=O) groups is 1. The van der Waals surface area contributed by atoms with E-state index in [0.717, 1.165) is 28.3 Å². The molecular formula is C22H24ClN7O. The van der Waals surface area contributed by atoms with Gasteiger partial charge >= 0.3 is 0 Å². The van der Waals surface area contributed by atoms with Crippen molar-refractivity contribution in [2.45, 2.75) is 40.9 Å². The molecule has 0 saturated carbocycles. The highest BCUT2D eigenvalue weighted by molar-refractivity contribution is 6.31. The molecule has 0 aliphatic heterocycles. The highest BCUT2D eigenvalue weighted by Crippen LogP contribution is 2.19. The van der Waals surface area contributed by atoms with Gasteiger partial charge in [-0.05, 0) is 57.5 Å². The van der Waals surface area contributed by atoms with Crippen LogP contribution in [0.25, 0.3) is 0 Å². The summed E-state index contributed by atoms with van der Waals surface area (Å²) in [4.78, 5) is 12.7. The van der Waals surface area contributed by atoms with Crippen LogP contribution in [0.2, 0.25) is 5.02 Å². The molecule has 160 valence electrons. The number of rotatable bonds is 6. The summed E-state index contributed by atoms with van der Waals surface area (Å²) in [5.74, 6) is -0.270. The molecule has 0 saturated heterocycles. The normalized spacial score (nSPS) is 11.1. The molecule has 4 aromatic rings. The molecule has 8 nitrogen and oxygen atoms in total. The van der Waals surface area contributed by atoms with Crippen molar-refractivity contribution in [3.05, 3.63) is 81.7 Å². The van der Waals surface area contributed by atoms with Crippen LogP contribution in [0.5, 0.6) is 0 Å². The first-order valence-corrected chi connectivity index (χ1v) is 10.3. The molecule has 3 aromatic heterocycles. The van der Waals surface area contributed by atoms with Crippen LogP contribution in [-0.4, -0.2) is 35.2 Å². The Labute approximate surface area is 185 Å². The van der Waals surface area contributed by atoms with E-state index in [4.69, 9.17) is 11.6 Å².